The topological polar surface area (TPSA) is 62.7 Å². The van der Waals surface area contributed by atoms with Gasteiger partial charge >= 0.3 is 0 Å². The Morgan fingerprint density at radius 3 is 2.91 bits per heavy atom. The van der Waals surface area contributed by atoms with Gasteiger partial charge in [-0.3, -0.25) is 0 Å². The lowest BCUT2D eigenvalue weighted by atomic mass is 9.81. The number of piperidine rings is 1. The van der Waals surface area contributed by atoms with E-state index in [-0.39, 0.29) is 11.2 Å². The third-order valence-corrected chi connectivity index (χ3v) is 6.63. The van der Waals surface area contributed by atoms with Crippen molar-refractivity contribution in [3.05, 3.63) is 24.4 Å². The van der Waals surface area contributed by atoms with E-state index in [0.717, 1.165) is 31.7 Å². The summed E-state index contributed by atoms with van der Waals surface area (Å²) in [4.78, 5) is 6.68. The Morgan fingerprint density at radius 2 is 2.17 bits per heavy atom. The number of anilines is 1. The van der Waals surface area contributed by atoms with Gasteiger partial charge in [0.2, 0.25) is 10.0 Å². The molecule has 3 heterocycles. The molecule has 1 aromatic heterocycles. The minimum absolute atomic E-state index is 0.144. The predicted octanol–water partition coefficient (Wildman–Crippen LogP) is 1.35. The fourth-order valence-electron chi connectivity index (χ4n) is 3.56. The van der Waals surface area contributed by atoms with Gasteiger partial charge < -0.3 is 9.64 Å². The SMILES string of the molecule is CCS(=O)(=O)N1CCCC2(COCCN(c3ccccn3)C2)C1. The first kappa shape index (κ1) is 16.7. The highest BCUT2D eigenvalue weighted by Gasteiger charge is 2.42. The summed E-state index contributed by atoms with van der Waals surface area (Å²) in [7, 11) is -3.15. The minimum atomic E-state index is -3.15. The Labute approximate surface area is 138 Å². The van der Waals surface area contributed by atoms with Crippen molar-refractivity contribution >= 4 is 15.8 Å². The third kappa shape index (κ3) is 3.67. The first-order valence-electron chi connectivity index (χ1n) is 8.26. The van der Waals surface area contributed by atoms with Crippen molar-refractivity contribution < 1.29 is 13.2 Å². The number of sulfonamides is 1. The molecule has 1 unspecified atom stereocenters. The monoisotopic (exact) mass is 339 g/mol. The number of rotatable bonds is 3. The average Bonchev–Trinajstić information content (AvgIpc) is 2.78. The molecule has 1 aromatic rings. The number of aromatic nitrogens is 1. The van der Waals surface area contributed by atoms with Crippen LogP contribution in [-0.4, -0.2) is 62.9 Å². The zero-order valence-corrected chi connectivity index (χ0v) is 14.5. The lowest BCUT2D eigenvalue weighted by Crippen LogP contribution is -2.52. The average molecular weight is 339 g/mol. The number of nitrogens with zero attached hydrogens (tertiary/aromatic N) is 3. The van der Waals surface area contributed by atoms with Crippen molar-refractivity contribution in [2.24, 2.45) is 5.41 Å². The van der Waals surface area contributed by atoms with Crippen LogP contribution in [0.2, 0.25) is 0 Å². The largest absolute Gasteiger partial charge is 0.379 e. The summed E-state index contributed by atoms with van der Waals surface area (Å²) in [5.74, 6) is 1.10. The molecule has 2 aliphatic rings. The highest BCUT2D eigenvalue weighted by atomic mass is 32.2. The van der Waals surface area contributed by atoms with Gasteiger partial charge in [0, 0.05) is 37.8 Å². The van der Waals surface area contributed by atoms with Crippen LogP contribution in [0.15, 0.2) is 24.4 Å². The van der Waals surface area contributed by atoms with Crippen LogP contribution in [0.5, 0.6) is 0 Å². The molecule has 2 aliphatic heterocycles. The van der Waals surface area contributed by atoms with E-state index in [1.54, 1.807) is 17.4 Å². The molecule has 1 spiro atoms. The summed E-state index contributed by atoms with van der Waals surface area (Å²) in [5.41, 5.74) is -0.144. The molecule has 128 valence electrons. The van der Waals surface area contributed by atoms with Crippen molar-refractivity contribution in [3.8, 4) is 0 Å². The van der Waals surface area contributed by atoms with Crippen LogP contribution in [-0.2, 0) is 14.8 Å². The Hall–Kier alpha value is -1.18. The number of hydrogen-bond acceptors (Lipinski definition) is 5. The second kappa shape index (κ2) is 6.75. The van der Waals surface area contributed by atoms with Crippen LogP contribution in [0, 0.1) is 5.41 Å². The van der Waals surface area contributed by atoms with E-state index in [1.807, 2.05) is 18.2 Å². The smallest absolute Gasteiger partial charge is 0.213 e. The number of hydrogen-bond donors (Lipinski definition) is 0. The van der Waals surface area contributed by atoms with Crippen molar-refractivity contribution in [2.45, 2.75) is 19.8 Å². The molecule has 23 heavy (non-hydrogen) atoms. The zero-order chi connectivity index (χ0) is 16.3. The van der Waals surface area contributed by atoms with Crippen LogP contribution < -0.4 is 4.90 Å². The molecule has 0 aliphatic carbocycles. The van der Waals surface area contributed by atoms with Crippen LogP contribution in [0.4, 0.5) is 5.82 Å². The van der Waals surface area contributed by atoms with E-state index in [0.29, 0.717) is 26.3 Å². The Balaban J connectivity index is 1.82. The van der Waals surface area contributed by atoms with E-state index in [2.05, 4.69) is 9.88 Å². The van der Waals surface area contributed by atoms with E-state index in [1.165, 1.54) is 0 Å². The molecule has 0 radical (unpaired) electrons. The predicted molar refractivity (Wildman–Crippen MR) is 90.0 cm³/mol. The lowest BCUT2D eigenvalue weighted by Gasteiger charge is -2.43. The van der Waals surface area contributed by atoms with Gasteiger partial charge in [0.15, 0.2) is 0 Å². The number of pyridine rings is 1. The highest BCUT2D eigenvalue weighted by Crippen LogP contribution is 2.35. The van der Waals surface area contributed by atoms with Gasteiger partial charge in [-0.2, -0.15) is 0 Å². The molecule has 6 nitrogen and oxygen atoms in total. The molecule has 0 saturated carbocycles. The molecule has 2 fully saturated rings. The van der Waals surface area contributed by atoms with Gasteiger partial charge in [-0.15, -0.1) is 0 Å². The fraction of sp³-hybridized carbons (Fsp3) is 0.688. The van der Waals surface area contributed by atoms with Crippen LogP contribution in [0.3, 0.4) is 0 Å². The van der Waals surface area contributed by atoms with Gasteiger partial charge in [0.1, 0.15) is 5.82 Å². The van der Waals surface area contributed by atoms with Gasteiger partial charge in [-0.1, -0.05) is 6.07 Å². The van der Waals surface area contributed by atoms with Crippen molar-refractivity contribution in [1.29, 1.82) is 0 Å². The normalized spacial score (nSPS) is 27.1. The highest BCUT2D eigenvalue weighted by molar-refractivity contribution is 7.89. The first-order valence-corrected chi connectivity index (χ1v) is 9.87. The molecule has 1 atom stereocenters. The van der Waals surface area contributed by atoms with Crippen molar-refractivity contribution in [3.63, 3.8) is 0 Å². The Morgan fingerprint density at radius 1 is 1.30 bits per heavy atom. The van der Waals surface area contributed by atoms with Crippen LogP contribution in [0.1, 0.15) is 19.8 Å². The molecular weight excluding hydrogens is 314 g/mol. The summed E-state index contributed by atoms with van der Waals surface area (Å²) in [6.45, 7) is 5.73. The molecule has 0 N–H and O–H groups in total. The van der Waals surface area contributed by atoms with E-state index in [9.17, 15) is 8.42 Å². The maximum Gasteiger partial charge on any atom is 0.213 e. The van der Waals surface area contributed by atoms with Crippen LogP contribution in [0.25, 0.3) is 0 Å². The molecule has 2 saturated heterocycles. The van der Waals surface area contributed by atoms with Gasteiger partial charge in [0.05, 0.1) is 19.0 Å². The molecule has 0 bridgehead atoms. The maximum atomic E-state index is 12.3. The minimum Gasteiger partial charge on any atom is -0.379 e. The number of ether oxygens (including phenoxy) is 1. The zero-order valence-electron chi connectivity index (χ0n) is 13.6. The van der Waals surface area contributed by atoms with Crippen molar-refractivity contribution in [1.82, 2.24) is 9.29 Å². The van der Waals surface area contributed by atoms with Gasteiger partial charge in [-0.05, 0) is 31.9 Å². The van der Waals surface area contributed by atoms with E-state index < -0.39 is 10.0 Å². The molecule has 7 heteroatoms. The summed E-state index contributed by atoms with van der Waals surface area (Å²) in [6, 6.07) is 5.89. The fourth-order valence-corrected chi connectivity index (χ4v) is 4.80. The molecular formula is C16H25N3O3S. The third-order valence-electron chi connectivity index (χ3n) is 4.80. The summed E-state index contributed by atoms with van der Waals surface area (Å²) >= 11 is 0. The summed E-state index contributed by atoms with van der Waals surface area (Å²) in [6.07, 6.45) is 3.67. The maximum absolute atomic E-state index is 12.3. The standard InChI is InChI=1S/C16H25N3O3S/c1-2-23(20,21)19-9-5-7-16(13-19)12-18(10-11-22-14-16)15-6-3-4-8-17-15/h3-4,6,8H,2,5,7,9-14H2,1H3. The second-order valence-corrected chi connectivity index (χ2v) is 8.76. The van der Waals surface area contributed by atoms with Crippen molar-refractivity contribution in [2.75, 3.05) is 50.0 Å². The van der Waals surface area contributed by atoms with Gasteiger partial charge in [-0.25, -0.2) is 17.7 Å². The quantitative estimate of drug-likeness (QED) is 0.832. The molecule has 0 aromatic carbocycles. The lowest BCUT2D eigenvalue weighted by molar-refractivity contribution is 0.0350. The summed E-state index contributed by atoms with van der Waals surface area (Å²) < 4.78 is 32.1. The molecule has 3 rings (SSSR count). The Kier molecular flexibility index (Phi) is 4.89. The summed E-state index contributed by atoms with van der Waals surface area (Å²) in [5, 5.41) is 0. The van der Waals surface area contributed by atoms with E-state index in [4.69, 9.17) is 4.74 Å². The first-order chi connectivity index (χ1) is 11.0. The van der Waals surface area contributed by atoms with Gasteiger partial charge in [0.25, 0.3) is 0 Å². The second-order valence-electron chi connectivity index (χ2n) is 6.50. The van der Waals surface area contributed by atoms with Crippen LogP contribution >= 0.6 is 0 Å². The van der Waals surface area contributed by atoms with E-state index >= 15 is 0 Å². The Bertz CT molecular complexity index is 623. The molecule has 0 amide bonds.